The molecule has 0 heterocycles. The van der Waals surface area contributed by atoms with E-state index in [9.17, 15) is 4.79 Å². The second-order valence-corrected chi connectivity index (χ2v) is 4.13. The van der Waals surface area contributed by atoms with E-state index in [2.05, 4.69) is 23.5 Å². The van der Waals surface area contributed by atoms with Crippen molar-refractivity contribution in [2.24, 2.45) is 5.92 Å². The molecule has 0 aliphatic heterocycles. The largest absolute Gasteiger partial charge is 0.468 e. The molecule has 0 bridgehead atoms. The van der Waals surface area contributed by atoms with Crippen LogP contribution >= 0.6 is 0 Å². The van der Waals surface area contributed by atoms with Gasteiger partial charge in [-0.15, -0.1) is 0 Å². The van der Waals surface area contributed by atoms with E-state index in [-0.39, 0.29) is 5.97 Å². The van der Waals surface area contributed by atoms with E-state index < -0.39 is 0 Å². The zero-order chi connectivity index (χ0) is 9.84. The van der Waals surface area contributed by atoms with Gasteiger partial charge in [0.25, 0.3) is 0 Å². The summed E-state index contributed by atoms with van der Waals surface area (Å²) >= 11 is 0. The normalized spacial score (nSPS) is 16.7. The lowest BCUT2D eigenvalue weighted by atomic mass is 10.2. The Balaban J connectivity index is 2.33. The van der Waals surface area contributed by atoms with Crippen molar-refractivity contribution in [2.75, 3.05) is 20.2 Å². The number of carbonyl (C=O) groups excluding carboxylic acids is 1. The van der Waals surface area contributed by atoms with Crippen LogP contribution in [0.5, 0.6) is 0 Å². The predicted octanol–water partition coefficient (Wildman–Crippen LogP) is 1.28. The molecular weight excluding hydrogens is 166 g/mol. The molecule has 1 aliphatic rings. The van der Waals surface area contributed by atoms with Crippen LogP contribution in [0.15, 0.2) is 0 Å². The summed E-state index contributed by atoms with van der Waals surface area (Å²) in [5.74, 6) is 0.498. The fourth-order valence-electron chi connectivity index (χ4n) is 1.48. The first-order valence-corrected chi connectivity index (χ1v) is 4.94. The summed E-state index contributed by atoms with van der Waals surface area (Å²) in [6.07, 6.45) is 2.48. The number of esters is 1. The fraction of sp³-hybridized carbons (Fsp3) is 0.900. The van der Waals surface area contributed by atoms with E-state index in [1.807, 2.05) is 0 Å². The highest BCUT2D eigenvalue weighted by molar-refractivity contribution is 5.71. The number of nitrogens with zero attached hydrogens (tertiary/aromatic N) is 1. The summed E-state index contributed by atoms with van der Waals surface area (Å²) in [7, 11) is 1.45. The van der Waals surface area contributed by atoms with Gasteiger partial charge in [-0.3, -0.25) is 9.69 Å². The van der Waals surface area contributed by atoms with Gasteiger partial charge < -0.3 is 4.74 Å². The van der Waals surface area contributed by atoms with E-state index in [4.69, 9.17) is 0 Å². The number of ether oxygens (including phenoxy) is 1. The first-order chi connectivity index (χ1) is 6.13. The van der Waals surface area contributed by atoms with Gasteiger partial charge in [-0.05, 0) is 18.8 Å². The molecule has 1 aliphatic carbocycles. The molecule has 0 radical (unpaired) electrons. The average molecular weight is 185 g/mol. The molecule has 1 rings (SSSR count). The number of hydrogen-bond donors (Lipinski definition) is 0. The molecule has 3 heteroatoms. The Labute approximate surface area is 80.1 Å². The summed E-state index contributed by atoms with van der Waals surface area (Å²) in [5, 5.41) is 0. The Bertz CT molecular complexity index is 176. The van der Waals surface area contributed by atoms with Crippen molar-refractivity contribution in [1.82, 2.24) is 4.90 Å². The van der Waals surface area contributed by atoms with Crippen LogP contribution in [0.2, 0.25) is 0 Å². The minimum Gasteiger partial charge on any atom is -0.468 e. The van der Waals surface area contributed by atoms with Crippen molar-refractivity contribution in [2.45, 2.75) is 32.7 Å². The Morgan fingerprint density at radius 2 is 2.15 bits per heavy atom. The van der Waals surface area contributed by atoms with Crippen LogP contribution in [0.4, 0.5) is 0 Å². The lowest BCUT2D eigenvalue weighted by Crippen LogP contribution is -2.35. The predicted molar refractivity (Wildman–Crippen MR) is 51.4 cm³/mol. The summed E-state index contributed by atoms with van der Waals surface area (Å²) in [5.41, 5.74) is 0. The van der Waals surface area contributed by atoms with Gasteiger partial charge in [0.1, 0.15) is 0 Å². The van der Waals surface area contributed by atoms with Crippen molar-refractivity contribution in [3.63, 3.8) is 0 Å². The standard InChI is InChI=1S/C10H19NO2/c1-8(2)6-11(9-4-5-9)7-10(12)13-3/h8-9H,4-7H2,1-3H3. The van der Waals surface area contributed by atoms with Crippen LogP contribution in [0.1, 0.15) is 26.7 Å². The van der Waals surface area contributed by atoms with E-state index in [1.54, 1.807) is 0 Å². The maximum Gasteiger partial charge on any atom is 0.319 e. The zero-order valence-corrected chi connectivity index (χ0v) is 8.75. The lowest BCUT2D eigenvalue weighted by molar-refractivity contribution is -0.142. The molecule has 0 aromatic rings. The Morgan fingerprint density at radius 1 is 1.54 bits per heavy atom. The SMILES string of the molecule is COC(=O)CN(CC(C)C)C1CC1. The van der Waals surface area contributed by atoms with E-state index in [0.29, 0.717) is 18.5 Å². The Kier molecular flexibility index (Phi) is 3.72. The highest BCUT2D eigenvalue weighted by atomic mass is 16.5. The van der Waals surface area contributed by atoms with Crippen LogP contribution < -0.4 is 0 Å². The maximum atomic E-state index is 11.1. The van der Waals surface area contributed by atoms with E-state index >= 15 is 0 Å². The molecule has 0 saturated heterocycles. The smallest absolute Gasteiger partial charge is 0.319 e. The van der Waals surface area contributed by atoms with Gasteiger partial charge in [0.2, 0.25) is 0 Å². The van der Waals surface area contributed by atoms with Gasteiger partial charge in [-0.25, -0.2) is 0 Å². The van der Waals surface area contributed by atoms with Crippen molar-refractivity contribution < 1.29 is 9.53 Å². The molecular formula is C10H19NO2. The molecule has 0 unspecified atom stereocenters. The first-order valence-electron chi connectivity index (χ1n) is 4.94. The highest BCUT2D eigenvalue weighted by Gasteiger charge is 2.30. The second kappa shape index (κ2) is 4.61. The van der Waals surface area contributed by atoms with Gasteiger partial charge in [0.15, 0.2) is 0 Å². The molecule has 1 fully saturated rings. The minimum absolute atomic E-state index is 0.118. The van der Waals surface area contributed by atoms with Crippen molar-refractivity contribution in [3.05, 3.63) is 0 Å². The van der Waals surface area contributed by atoms with E-state index in [1.165, 1.54) is 20.0 Å². The number of carbonyl (C=O) groups is 1. The van der Waals surface area contributed by atoms with Gasteiger partial charge in [-0.1, -0.05) is 13.8 Å². The summed E-state index contributed by atoms with van der Waals surface area (Å²) < 4.78 is 4.66. The quantitative estimate of drug-likeness (QED) is 0.604. The fourth-order valence-corrected chi connectivity index (χ4v) is 1.48. The molecule has 1 saturated carbocycles. The third kappa shape index (κ3) is 3.77. The zero-order valence-electron chi connectivity index (χ0n) is 8.75. The first kappa shape index (κ1) is 10.5. The molecule has 13 heavy (non-hydrogen) atoms. The number of hydrogen-bond acceptors (Lipinski definition) is 3. The summed E-state index contributed by atoms with van der Waals surface area (Å²) in [6.45, 7) is 5.80. The van der Waals surface area contributed by atoms with Gasteiger partial charge in [0, 0.05) is 12.6 Å². The van der Waals surface area contributed by atoms with E-state index in [0.717, 1.165) is 6.54 Å². The monoisotopic (exact) mass is 185 g/mol. The Morgan fingerprint density at radius 3 is 2.54 bits per heavy atom. The van der Waals surface area contributed by atoms with Crippen LogP contribution in [0.3, 0.4) is 0 Å². The van der Waals surface area contributed by atoms with Gasteiger partial charge >= 0.3 is 5.97 Å². The average Bonchev–Trinajstić information content (AvgIpc) is 2.84. The molecule has 0 amide bonds. The summed E-state index contributed by atoms with van der Waals surface area (Å²) in [6, 6.07) is 0.640. The molecule has 0 spiro atoms. The van der Waals surface area contributed by atoms with Crippen LogP contribution in [-0.4, -0.2) is 37.1 Å². The topological polar surface area (TPSA) is 29.5 Å². The molecule has 0 atom stereocenters. The minimum atomic E-state index is -0.118. The number of methoxy groups -OCH3 is 1. The molecule has 3 nitrogen and oxygen atoms in total. The van der Waals surface area contributed by atoms with Gasteiger partial charge in [-0.2, -0.15) is 0 Å². The van der Waals surface area contributed by atoms with Crippen molar-refractivity contribution in [3.8, 4) is 0 Å². The van der Waals surface area contributed by atoms with Crippen LogP contribution in [-0.2, 0) is 9.53 Å². The number of rotatable bonds is 5. The molecule has 0 aromatic heterocycles. The lowest BCUT2D eigenvalue weighted by Gasteiger charge is -2.22. The Hall–Kier alpha value is -0.570. The van der Waals surface area contributed by atoms with Crippen LogP contribution in [0, 0.1) is 5.92 Å². The highest BCUT2D eigenvalue weighted by Crippen LogP contribution is 2.27. The summed E-state index contributed by atoms with van der Waals surface area (Å²) in [4.78, 5) is 13.3. The van der Waals surface area contributed by atoms with Crippen molar-refractivity contribution in [1.29, 1.82) is 0 Å². The van der Waals surface area contributed by atoms with Crippen LogP contribution in [0.25, 0.3) is 0 Å². The van der Waals surface area contributed by atoms with Crippen molar-refractivity contribution >= 4 is 5.97 Å². The molecule has 0 N–H and O–H groups in total. The molecule has 0 aromatic carbocycles. The second-order valence-electron chi connectivity index (χ2n) is 4.13. The van der Waals surface area contributed by atoms with Gasteiger partial charge in [0.05, 0.1) is 13.7 Å². The maximum absolute atomic E-state index is 11.1. The third-order valence-electron chi connectivity index (χ3n) is 2.22. The third-order valence-corrected chi connectivity index (χ3v) is 2.22. The molecule has 76 valence electrons.